The maximum atomic E-state index is 12.0. The van der Waals surface area contributed by atoms with Gasteiger partial charge in [-0.3, -0.25) is 9.36 Å². The first-order valence-corrected chi connectivity index (χ1v) is 6.08. The standard InChI is InChI=1S/C11H14N4O5/c1-14-5-2-3-7(17)15(10(5)12-13-14)11-9(19)8(18)6(4-16)20-11/h2-3,6,8-9,11,16,18-19H,4H2,1H3/t6-,8+,9+,11+/m0/s1. The lowest BCUT2D eigenvalue weighted by Gasteiger charge is -2.17. The smallest absolute Gasteiger partial charge is 0.254 e. The first-order valence-electron chi connectivity index (χ1n) is 6.08. The summed E-state index contributed by atoms with van der Waals surface area (Å²) in [4.78, 5) is 12.0. The minimum Gasteiger partial charge on any atom is -0.394 e. The zero-order valence-electron chi connectivity index (χ0n) is 10.6. The van der Waals surface area contributed by atoms with Crippen molar-refractivity contribution < 1.29 is 20.1 Å². The van der Waals surface area contributed by atoms with E-state index in [0.717, 1.165) is 4.57 Å². The fourth-order valence-electron chi connectivity index (χ4n) is 2.38. The molecule has 20 heavy (non-hydrogen) atoms. The van der Waals surface area contributed by atoms with Gasteiger partial charge in [0.1, 0.15) is 23.8 Å². The number of ether oxygens (including phenoxy) is 1. The van der Waals surface area contributed by atoms with E-state index >= 15 is 0 Å². The van der Waals surface area contributed by atoms with Crippen LogP contribution in [-0.2, 0) is 11.8 Å². The molecule has 9 nitrogen and oxygen atoms in total. The van der Waals surface area contributed by atoms with Crippen LogP contribution in [0.1, 0.15) is 6.23 Å². The molecule has 2 aromatic rings. The number of aromatic nitrogens is 4. The monoisotopic (exact) mass is 282 g/mol. The topological polar surface area (TPSA) is 123 Å². The molecular formula is C11H14N4O5. The highest BCUT2D eigenvalue weighted by atomic mass is 16.6. The quantitative estimate of drug-likeness (QED) is 0.568. The fourth-order valence-corrected chi connectivity index (χ4v) is 2.38. The zero-order chi connectivity index (χ0) is 14.4. The third-order valence-corrected chi connectivity index (χ3v) is 3.47. The van der Waals surface area contributed by atoms with E-state index < -0.39 is 36.7 Å². The van der Waals surface area contributed by atoms with Crippen LogP contribution < -0.4 is 5.56 Å². The highest BCUT2D eigenvalue weighted by molar-refractivity contribution is 5.70. The maximum absolute atomic E-state index is 12.0. The van der Waals surface area contributed by atoms with Crippen LogP contribution in [0.4, 0.5) is 0 Å². The molecule has 1 saturated heterocycles. The van der Waals surface area contributed by atoms with Crippen molar-refractivity contribution in [1.82, 2.24) is 19.6 Å². The lowest BCUT2D eigenvalue weighted by atomic mass is 10.1. The molecular weight excluding hydrogens is 268 g/mol. The number of hydrogen-bond acceptors (Lipinski definition) is 7. The van der Waals surface area contributed by atoms with Crippen LogP contribution in [0.3, 0.4) is 0 Å². The Morgan fingerprint density at radius 1 is 1.35 bits per heavy atom. The molecule has 0 saturated carbocycles. The lowest BCUT2D eigenvalue weighted by molar-refractivity contribution is -0.0524. The molecule has 0 spiro atoms. The maximum Gasteiger partial charge on any atom is 0.254 e. The van der Waals surface area contributed by atoms with Crippen LogP contribution in [0, 0.1) is 0 Å². The van der Waals surface area contributed by atoms with Crippen LogP contribution in [0.25, 0.3) is 11.2 Å². The van der Waals surface area contributed by atoms with Crippen molar-refractivity contribution in [3.63, 3.8) is 0 Å². The Labute approximate surface area is 112 Å². The summed E-state index contributed by atoms with van der Waals surface area (Å²) in [5.41, 5.74) is 0.394. The fraction of sp³-hybridized carbons (Fsp3) is 0.545. The van der Waals surface area contributed by atoms with Gasteiger partial charge in [-0.25, -0.2) is 4.68 Å². The van der Waals surface area contributed by atoms with Crippen LogP contribution in [0.2, 0.25) is 0 Å². The van der Waals surface area contributed by atoms with E-state index in [2.05, 4.69) is 10.3 Å². The molecule has 0 amide bonds. The predicted molar refractivity (Wildman–Crippen MR) is 65.8 cm³/mol. The molecule has 4 atom stereocenters. The van der Waals surface area contributed by atoms with E-state index in [1.54, 1.807) is 13.1 Å². The Kier molecular flexibility index (Phi) is 3.05. The predicted octanol–water partition coefficient (Wildman–Crippen LogP) is -2.26. The third-order valence-electron chi connectivity index (χ3n) is 3.47. The van der Waals surface area contributed by atoms with Gasteiger partial charge in [0.05, 0.1) is 6.61 Å². The number of fused-ring (bicyclic) bond motifs is 1. The average molecular weight is 282 g/mol. The second-order valence-corrected chi connectivity index (χ2v) is 4.69. The highest BCUT2D eigenvalue weighted by Crippen LogP contribution is 2.29. The van der Waals surface area contributed by atoms with Crippen molar-refractivity contribution in [2.24, 2.45) is 7.05 Å². The summed E-state index contributed by atoms with van der Waals surface area (Å²) in [5.74, 6) is 0. The van der Waals surface area contributed by atoms with E-state index in [1.165, 1.54) is 10.7 Å². The molecule has 1 aliphatic heterocycles. The number of aliphatic hydroxyl groups excluding tert-OH is 3. The molecule has 2 aromatic heterocycles. The summed E-state index contributed by atoms with van der Waals surface area (Å²) in [5, 5.41) is 36.5. The van der Waals surface area contributed by atoms with Crippen molar-refractivity contribution in [2.75, 3.05) is 6.61 Å². The first-order chi connectivity index (χ1) is 9.54. The zero-order valence-corrected chi connectivity index (χ0v) is 10.6. The van der Waals surface area contributed by atoms with E-state index in [9.17, 15) is 15.0 Å². The Morgan fingerprint density at radius 3 is 2.75 bits per heavy atom. The summed E-state index contributed by atoms with van der Waals surface area (Å²) in [6.07, 6.45) is -4.68. The third kappa shape index (κ3) is 1.75. The van der Waals surface area contributed by atoms with Crippen molar-refractivity contribution in [3.05, 3.63) is 22.5 Å². The van der Waals surface area contributed by atoms with Crippen molar-refractivity contribution >= 4 is 11.2 Å². The Hall–Kier alpha value is -1.81. The first kappa shape index (κ1) is 13.2. The van der Waals surface area contributed by atoms with Gasteiger partial charge in [0.2, 0.25) is 0 Å². The SMILES string of the molecule is Cn1nnc2c1ccc(=O)n2[C@@H]1O[C@@H](CO)[C@@H](O)[C@H]1O. The van der Waals surface area contributed by atoms with Crippen molar-refractivity contribution in [2.45, 2.75) is 24.5 Å². The van der Waals surface area contributed by atoms with Crippen LogP contribution in [0.5, 0.6) is 0 Å². The Bertz CT molecular complexity index is 696. The number of pyridine rings is 1. The molecule has 1 aliphatic rings. The van der Waals surface area contributed by atoms with Crippen LogP contribution in [-0.4, -0.2) is 59.8 Å². The average Bonchev–Trinajstić information content (AvgIpc) is 2.93. The second-order valence-electron chi connectivity index (χ2n) is 4.69. The molecule has 108 valence electrons. The summed E-state index contributed by atoms with van der Waals surface area (Å²) >= 11 is 0. The Balaban J connectivity index is 2.15. The molecule has 3 rings (SSSR count). The summed E-state index contributed by atoms with van der Waals surface area (Å²) in [6, 6.07) is 2.87. The van der Waals surface area contributed by atoms with Gasteiger partial charge in [0.15, 0.2) is 11.9 Å². The molecule has 0 bridgehead atoms. The largest absolute Gasteiger partial charge is 0.394 e. The van der Waals surface area contributed by atoms with Gasteiger partial charge in [0.25, 0.3) is 5.56 Å². The summed E-state index contributed by atoms with van der Waals surface area (Å²) in [7, 11) is 1.67. The minimum absolute atomic E-state index is 0.245. The van der Waals surface area contributed by atoms with Gasteiger partial charge in [0, 0.05) is 13.1 Å². The molecule has 0 radical (unpaired) electrons. The number of aryl methyl sites for hydroxylation is 1. The number of nitrogens with zero attached hydrogens (tertiary/aromatic N) is 4. The highest BCUT2D eigenvalue weighted by Gasteiger charge is 2.44. The van der Waals surface area contributed by atoms with Crippen molar-refractivity contribution in [3.8, 4) is 0 Å². The summed E-state index contributed by atoms with van der Waals surface area (Å²) in [6.45, 7) is -0.458. The van der Waals surface area contributed by atoms with E-state index in [1.807, 2.05) is 0 Å². The van der Waals surface area contributed by atoms with Gasteiger partial charge >= 0.3 is 0 Å². The molecule has 3 N–H and O–H groups in total. The molecule has 0 unspecified atom stereocenters. The van der Waals surface area contributed by atoms with Gasteiger partial charge < -0.3 is 20.1 Å². The Morgan fingerprint density at radius 2 is 2.10 bits per heavy atom. The van der Waals surface area contributed by atoms with Crippen LogP contribution in [0.15, 0.2) is 16.9 Å². The van der Waals surface area contributed by atoms with Gasteiger partial charge in [-0.1, -0.05) is 5.21 Å². The van der Waals surface area contributed by atoms with Gasteiger partial charge in [-0.15, -0.1) is 5.10 Å². The molecule has 9 heteroatoms. The summed E-state index contributed by atoms with van der Waals surface area (Å²) < 4.78 is 7.96. The number of aliphatic hydroxyl groups is 3. The second kappa shape index (κ2) is 4.63. The van der Waals surface area contributed by atoms with Gasteiger partial charge in [-0.05, 0) is 6.07 Å². The van der Waals surface area contributed by atoms with Gasteiger partial charge in [-0.2, -0.15) is 0 Å². The molecule has 0 aliphatic carbocycles. The van der Waals surface area contributed by atoms with E-state index in [4.69, 9.17) is 9.84 Å². The minimum atomic E-state index is -1.34. The number of hydrogen-bond donors (Lipinski definition) is 3. The molecule has 1 fully saturated rings. The molecule has 3 heterocycles. The lowest BCUT2D eigenvalue weighted by Crippen LogP contribution is -2.35. The van der Waals surface area contributed by atoms with Crippen molar-refractivity contribution in [1.29, 1.82) is 0 Å². The number of rotatable bonds is 2. The van der Waals surface area contributed by atoms with E-state index in [0.29, 0.717) is 5.52 Å². The van der Waals surface area contributed by atoms with E-state index in [-0.39, 0.29) is 5.65 Å². The van der Waals surface area contributed by atoms with Crippen LogP contribution >= 0.6 is 0 Å². The normalized spacial score (nSPS) is 30.2. The molecule has 0 aromatic carbocycles.